The summed E-state index contributed by atoms with van der Waals surface area (Å²) in [5.74, 6) is -7.47. The number of nitrogens with one attached hydrogen (secondary N) is 3. The number of carbonyl (C=O) groups is 10. The highest BCUT2D eigenvalue weighted by molar-refractivity contribution is 5.92. The number of carbonyl (C=O) groups excluding carboxylic acids is 9. The first-order valence-electron chi connectivity index (χ1n) is 28.8. The lowest BCUT2D eigenvalue weighted by Crippen LogP contribution is -2.63. The zero-order chi connectivity index (χ0) is 64.4. The van der Waals surface area contributed by atoms with Crippen molar-refractivity contribution in [2.24, 2.45) is 17.8 Å². The number of carboxylic acid groups (broad SMARTS) is 1. The maximum atomic E-state index is 14.3. The van der Waals surface area contributed by atoms with Gasteiger partial charge in [-0.3, -0.25) is 43.3 Å². The molecule has 0 saturated carbocycles. The Labute approximate surface area is 506 Å². The van der Waals surface area contributed by atoms with Crippen molar-refractivity contribution in [1.29, 1.82) is 0 Å². The second-order valence-electron chi connectivity index (χ2n) is 22.2. The van der Waals surface area contributed by atoms with Crippen LogP contribution in [0, 0.1) is 17.8 Å². The maximum absolute atomic E-state index is 14.3. The molecule has 1 fully saturated rings. The lowest BCUT2D eigenvalue weighted by Gasteiger charge is -2.44. The monoisotopic (exact) mass is 1220 g/mol. The van der Waals surface area contributed by atoms with E-state index >= 15 is 0 Å². The molecule has 5 rings (SSSR count). The Balaban J connectivity index is 1.37. The number of ether oxygens (including phenoxy) is 9. The molecular formula is C62H83N5O20. The molecule has 3 aromatic carbocycles. The molecule has 1 aliphatic heterocycles. The number of hydrogen-bond acceptors (Lipinski definition) is 19. The number of amides is 5. The third-order valence-electron chi connectivity index (χ3n) is 15.0. The zero-order valence-electron chi connectivity index (χ0n) is 51.6. The molecule has 1 heterocycles. The minimum Gasteiger partial charge on any atom is -0.481 e. The number of benzene rings is 3. The van der Waals surface area contributed by atoms with E-state index in [0.29, 0.717) is 12.0 Å². The zero-order valence-corrected chi connectivity index (χ0v) is 51.6. The first-order valence-corrected chi connectivity index (χ1v) is 28.8. The number of nitrogens with zero attached hydrogens (tertiary/aromatic N) is 2. The molecule has 4 N–H and O–H groups in total. The fourth-order valence-electron chi connectivity index (χ4n) is 10.8. The van der Waals surface area contributed by atoms with Crippen LogP contribution in [0.5, 0.6) is 5.75 Å². The van der Waals surface area contributed by atoms with Gasteiger partial charge in [0.25, 0.3) is 0 Å². The molecule has 0 radical (unpaired) electrons. The summed E-state index contributed by atoms with van der Waals surface area (Å²) in [6.45, 7) is 13.7. The van der Waals surface area contributed by atoms with Gasteiger partial charge in [0.1, 0.15) is 43.8 Å². The average molecular weight is 1220 g/mol. The summed E-state index contributed by atoms with van der Waals surface area (Å²) in [6, 6.07) is 17.3. The SMILES string of the molecule is CC[C@H](C)[C@@H]([C@@H](CC(=O)O)OC)N(C)C(=O)[C@@H](NC(=O)[C@H](C(C)C)N(C)C(=O)OCc1ccc(O[C@@H]2O[C@H](COC(C)=O)[C@@H](OC(C)=O)[C@H](OC(C)=O)[C@H]2OC(C)=O)c(CNC(=O)CCNC(=O)OCC2c3ccccc3-c3ccccc32)c1)C(C)C. The molecule has 0 unspecified atom stereocenters. The van der Waals surface area contributed by atoms with Gasteiger partial charge in [-0.25, -0.2) is 9.59 Å². The van der Waals surface area contributed by atoms with Crippen molar-refractivity contribution < 1.29 is 95.7 Å². The van der Waals surface area contributed by atoms with Crippen LogP contribution in [0.15, 0.2) is 66.7 Å². The van der Waals surface area contributed by atoms with Crippen molar-refractivity contribution in [3.63, 3.8) is 0 Å². The maximum Gasteiger partial charge on any atom is 0.410 e. The van der Waals surface area contributed by atoms with Gasteiger partial charge in [-0.1, -0.05) is 103 Å². The van der Waals surface area contributed by atoms with Crippen LogP contribution in [-0.4, -0.2) is 171 Å². The summed E-state index contributed by atoms with van der Waals surface area (Å²) in [4.78, 5) is 133. The molecule has 5 amide bonds. The van der Waals surface area contributed by atoms with Gasteiger partial charge < -0.3 is 68.6 Å². The topological polar surface area (TPSA) is 317 Å². The van der Waals surface area contributed by atoms with Crippen molar-refractivity contribution in [1.82, 2.24) is 25.8 Å². The number of hydrogen-bond donors (Lipinski definition) is 4. The minimum atomic E-state index is -1.68. The van der Waals surface area contributed by atoms with Crippen LogP contribution in [0.25, 0.3) is 11.1 Å². The number of fused-ring (bicyclic) bond motifs is 3. The van der Waals surface area contributed by atoms with Gasteiger partial charge in [-0.2, -0.15) is 0 Å². The summed E-state index contributed by atoms with van der Waals surface area (Å²) >= 11 is 0. The minimum absolute atomic E-state index is 0.0216. The van der Waals surface area contributed by atoms with Crippen molar-refractivity contribution >= 4 is 59.8 Å². The van der Waals surface area contributed by atoms with Crippen LogP contribution >= 0.6 is 0 Å². The number of carboxylic acids is 1. The molecule has 0 bridgehead atoms. The van der Waals surface area contributed by atoms with E-state index in [4.69, 9.17) is 42.6 Å². The molecule has 10 atom stereocenters. The second kappa shape index (κ2) is 32.4. The smallest absolute Gasteiger partial charge is 0.410 e. The number of esters is 4. The molecular weight excluding hydrogens is 1130 g/mol. The van der Waals surface area contributed by atoms with Crippen LogP contribution in [0.3, 0.4) is 0 Å². The predicted molar refractivity (Wildman–Crippen MR) is 311 cm³/mol. The van der Waals surface area contributed by atoms with Crippen molar-refractivity contribution in [2.45, 2.75) is 163 Å². The van der Waals surface area contributed by atoms with Gasteiger partial charge in [0.2, 0.25) is 30.1 Å². The summed E-state index contributed by atoms with van der Waals surface area (Å²) in [7, 11) is 4.29. The molecule has 476 valence electrons. The van der Waals surface area contributed by atoms with Gasteiger partial charge >= 0.3 is 42.0 Å². The molecule has 87 heavy (non-hydrogen) atoms. The Morgan fingerprint density at radius 1 is 0.690 bits per heavy atom. The van der Waals surface area contributed by atoms with Crippen molar-refractivity contribution in [3.05, 3.63) is 89.0 Å². The van der Waals surface area contributed by atoms with Gasteiger partial charge in [-0.05, 0) is 57.7 Å². The molecule has 25 heteroatoms. The molecule has 0 spiro atoms. The van der Waals surface area contributed by atoms with Crippen LogP contribution in [0.2, 0.25) is 0 Å². The Hall–Kier alpha value is -8.32. The fourth-order valence-corrected chi connectivity index (χ4v) is 10.8. The number of alkyl carbamates (subject to hydrolysis) is 1. The largest absolute Gasteiger partial charge is 0.481 e. The van der Waals surface area contributed by atoms with E-state index in [-0.39, 0.29) is 55.7 Å². The summed E-state index contributed by atoms with van der Waals surface area (Å²) in [5, 5.41) is 17.9. The molecule has 0 aromatic heterocycles. The van der Waals surface area contributed by atoms with E-state index in [2.05, 4.69) is 16.0 Å². The Kier molecular flexibility index (Phi) is 25.9. The first-order chi connectivity index (χ1) is 41.2. The van der Waals surface area contributed by atoms with Crippen LogP contribution in [0.1, 0.15) is 117 Å². The van der Waals surface area contributed by atoms with Gasteiger partial charge in [0.15, 0.2) is 12.2 Å². The fraction of sp³-hybridized carbons (Fsp3) is 0.548. The Bertz CT molecular complexity index is 2890. The van der Waals surface area contributed by atoms with Crippen molar-refractivity contribution in [2.75, 3.05) is 41.0 Å². The van der Waals surface area contributed by atoms with E-state index in [9.17, 15) is 53.1 Å². The molecule has 1 saturated heterocycles. The number of rotatable bonds is 29. The quantitative estimate of drug-likeness (QED) is 0.0472. The average Bonchev–Trinajstić information content (AvgIpc) is 4.04. The highest BCUT2D eigenvalue weighted by Crippen LogP contribution is 2.44. The summed E-state index contributed by atoms with van der Waals surface area (Å²) < 4.78 is 51.5. The summed E-state index contributed by atoms with van der Waals surface area (Å²) in [5.41, 5.74) is 4.72. The van der Waals surface area contributed by atoms with E-state index in [1.807, 2.05) is 62.4 Å². The van der Waals surface area contributed by atoms with Gasteiger partial charge in [0, 0.05) is 79.9 Å². The van der Waals surface area contributed by atoms with Gasteiger partial charge in [0.05, 0.1) is 18.6 Å². The van der Waals surface area contributed by atoms with E-state index in [1.54, 1.807) is 34.7 Å². The standard InChI is InChI=1S/C62H83N5O20/c1-14-35(6)54(48(79-13)28-51(73)74)66(11)59(76)52(33(2)3)65-58(75)53(34(4)5)67(12)62(78)82-30-40-23-24-47(86-60-57(85-39(10)71)56(84-38(9)70)55(83-37(8)69)49(87-60)32-80-36(7)68)41(27-40)29-64-50(72)25-26-63-61(77)81-31-46-44-21-17-15-19-42(44)43-20-16-18-22-45(43)46/h15-24,27,33-35,46,48-49,52-57,60H,14,25-26,28-32H2,1-13H3,(H,63,77)(H,64,72)(H,65,75)(H,73,74)/t35-,48+,49+,52-,53-,54-,55+,56-,57+,60+/m0/s1. The Morgan fingerprint density at radius 3 is 1.84 bits per heavy atom. The molecule has 25 nitrogen and oxygen atoms in total. The second-order valence-corrected chi connectivity index (χ2v) is 22.2. The van der Waals surface area contributed by atoms with E-state index in [0.717, 1.165) is 54.8 Å². The number of likely N-dealkylation sites (N-methyl/N-ethyl adjacent to an activating group) is 2. The first kappa shape index (κ1) is 69.5. The highest BCUT2D eigenvalue weighted by Gasteiger charge is 2.54. The van der Waals surface area contributed by atoms with E-state index in [1.165, 1.54) is 37.3 Å². The van der Waals surface area contributed by atoms with Crippen LogP contribution < -0.4 is 20.7 Å². The third-order valence-corrected chi connectivity index (χ3v) is 15.0. The highest BCUT2D eigenvalue weighted by atomic mass is 16.7. The molecule has 1 aliphatic carbocycles. The van der Waals surface area contributed by atoms with Gasteiger partial charge in [-0.15, -0.1) is 0 Å². The number of methoxy groups -OCH3 is 1. The third kappa shape index (κ3) is 19.1. The molecule has 2 aliphatic rings. The lowest BCUT2D eigenvalue weighted by molar-refractivity contribution is -0.288. The van der Waals surface area contributed by atoms with Crippen LogP contribution in [0.4, 0.5) is 9.59 Å². The normalized spacial score (nSPS) is 18.6. The van der Waals surface area contributed by atoms with E-state index < -0.39 is 140 Å². The number of aliphatic carboxylic acids is 1. The predicted octanol–water partition coefficient (Wildman–Crippen LogP) is 5.79. The lowest BCUT2D eigenvalue weighted by atomic mass is 9.90. The Morgan fingerprint density at radius 2 is 1.29 bits per heavy atom. The summed E-state index contributed by atoms with van der Waals surface area (Å²) in [6.07, 6.45) is -10.2. The molecule has 3 aromatic rings. The van der Waals surface area contributed by atoms with Crippen molar-refractivity contribution in [3.8, 4) is 16.9 Å². The van der Waals surface area contributed by atoms with Crippen LogP contribution in [-0.2, 0) is 89.4 Å².